The summed E-state index contributed by atoms with van der Waals surface area (Å²) in [7, 11) is 0. The number of benzene rings is 1. The summed E-state index contributed by atoms with van der Waals surface area (Å²) in [6.07, 6.45) is 14.9. The van der Waals surface area contributed by atoms with Crippen LogP contribution in [0.4, 0.5) is 0 Å². The molecule has 2 aliphatic rings. The van der Waals surface area contributed by atoms with Crippen LogP contribution in [-0.4, -0.2) is 22.6 Å². The summed E-state index contributed by atoms with van der Waals surface area (Å²) in [6.45, 7) is 1.98. The molecule has 0 saturated heterocycles. The highest BCUT2D eigenvalue weighted by Crippen LogP contribution is 2.22. The summed E-state index contributed by atoms with van der Waals surface area (Å²) >= 11 is 5.82. The molecule has 0 aromatic heterocycles. The SMILES string of the molecule is S=C(NC1CCCCC1)N(Cc1ccccc1)C[C@H]1CC=CCC1. The first kappa shape index (κ1) is 17.5. The number of nitrogens with zero attached hydrogens (tertiary/aromatic N) is 1. The second kappa shape index (κ2) is 9.22. The van der Waals surface area contributed by atoms with Gasteiger partial charge in [0.1, 0.15) is 0 Å². The second-order valence-electron chi connectivity index (χ2n) is 7.30. The highest BCUT2D eigenvalue weighted by atomic mass is 32.1. The molecule has 0 aliphatic heterocycles. The molecule has 0 bridgehead atoms. The van der Waals surface area contributed by atoms with Gasteiger partial charge < -0.3 is 10.2 Å². The van der Waals surface area contributed by atoms with Gasteiger partial charge in [0.05, 0.1) is 0 Å². The number of nitrogens with one attached hydrogen (secondary N) is 1. The Morgan fingerprint density at radius 2 is 1.83 bits per heavy atom. The molecule has 130 valence electrons. The van der Waals surface area contributed by atoms with Crippen LogP contribution in [0.15, 0.2) is 42.5 Å². The van der Waals surface area contributed by atoms with E-state index in [9.17, 15) is 0 Å². The van der Waals surface area contributed by atoms with Crippen molar-refractivity contribution in [2.75, 3.05) is 6.54 Å². The van der Waals surface area contributed by atoms with E-state index >= 15 is 0 Å². The van der Waals surface area contributed by atoms with Crippen molar-refractivity contribution >= 4 is 17.3 Å². The molecule has 0 amide bonds. The maximum atomic E-state index is 5.82. The highest BCUT2D eigenvalue weighted by molar-refractivity contribution is 7.80. The van der Waals surface area contributed by atoms with Gasteiger partial charge in [0.25, 0.3) is 0 Å². The molecule has 2 nitrogen and oxygen atoms in total. The first-order valence-electron chi connectivity index (χ1n) is 9.55. The number of allylic oxidation sites excluding steroid dienone is 2. The van der Waals surface area contributed by atoms with Crippen molar-refractivity contribution in [1.82, 2.24) is 10.2 Å². The Balaban J connectivity index is 1.63. The average molecular weight is 343 g/mol. The van der Waals surface area contributed by atoms with Gasteiger partial charge in [0.2, 0.25) is 0 Å². The number of thiocarbonyl (C=S) groups is 1. The van der Waals surface area contributed by atoms with Gasteiger partial charge in [-0.05, 0) is 55.8 Å². The van der Waals surface area contributed by atoms with Gasteiger partial charge in [-0.15, -0.1) is 0 Å². The molecule has 1 aromatic rings. The number of hydrogen-bond donors (Lipinski definition) is 1. The predicted molar refractivity (Wildman–Crippen MR) is 106 cm³/mol. The molecular weight excluding hydrogens is 312 g/mol. The van der Waals surface area contributed by atoms with Gasteiger partial charge in [0.15, 0.2) is 5.11 Å². The Bertz CT molecular complexity index is 534. The van der Waals surface area contributed by atoms with Gasteiger partial charge >= 0.3 is 0 Å². The maximum Gasteiger partial charge on any atom is 0.169 e. The summed E-state index contributed by atoms with van der Waals surface area (Å²) in [5.41, 5.74) is 1.34. The van der Waals surface area contributed by atoms with Crippen LogP contribution >= 0.6 is 12.2 Å². The zero-order chi connectivity index (χ0) is 16.6. The zero-order valence-electron chi connectivity index (χ0n) is 14.6. The van der Waals surface area contributed by atoms with Crippen LogP contribution in [0, 0.1) is 5.92 Å². The Morgan fingerprint density at radius 3 is 2.54 bits per heavy atom. The van der Waals surface area contributed by atoms with E-state index in [1.807, 2.05) is 0 Å². The summed E-state index contributed by atoms with van der Waals surface area (Å²) in [4.78, 5) is 2.41. The van der Waals surface area contributed by atoms with Crippen LogP contribution in [0.2, 0.25) is 0 Å². The van der Waals surface area contributed by atoms with E-state index in [-0.39, 0.29) is 0 Å². The van der Waals surface area contributed by atoms with Crippen molar-refractivity contribution in [3.63, 3.8) is 0 Å². The largest absolute Gasteiger partial charge is 0.360 e. The third kappa shape index (κ3) is 5.34. The van der Waals surface area contributed by atoms with E-state index in [0.29, 0.717) is 6.04 Å². The zero-order valence-corrected chi connectivity index (χ0v) is 15.4. The Morgan fingerprint density at radius 1 is 1.04 bits per heavy atom. The minimum absolute atomic E-state index is 0.579. The standard InChI is InChI=1S/C21H30N2S/c24-21(22-20-14-8-3-9-15-20)23(16-18-10-4-1-5-11-18)17-19-12-6-2-7-13-19/h1-2,4-6,10-11,19-20H,3,7-9,12-17H2,(H,22,24)/t19-/m0/s1. The minimum atomic E-state index is 0.579. The van der Waals surface area contributed by atoms with Crippen LogP contribution in [-0.2, 0) is 6.54 Å². The lowest BCUT2D eigenvalue weighted by Gasteiger charge is -2.33. The Hall–Kier alpha value is -1.35. The fraction of sp³-hybridized carbons (Fsp3) is 0.571. The van der Waals surface area contributed by atoms with Crippen LogP contribution in [0.3, 0.4) is 0 Å². The lowest BCUT2D eigenvalue weighted by Crippen LogP contribution is -2.46. The van der Waals surface area contributed by atoms with Gasteiger partial charge in [-0.3, -0.25) is 0 Å². The molecule has 1 N–H and O–H groups in total. The van der Waals surface area contributed by atoms with Crippen molar-refractivity contribution in [2.24, 2.45) is 5.92 Å². The molecule has 3 heteroatoms. The van der Waals surface area contributed by atoms with Crippen molar-refractivity contribution in [3.8, 4) is 0 Å². The van der Waals surface area contributed by atoms with Crippen LogP contribution < -0.4 is 5.32 Å². The molecule has 0 unspecified atom stereocenters. The summed E-state index contributed by atoms with van der Waals surface area (Å²) in [5, 5.41) is 4.63. The summed E-state index contributed by atoms with van der Waals surface area (Å²) in [6, 6.07) is 11.3. The molecule has 1 aromatic carbocycles. The molecule has 2 aliphatic carbocycles. The van der Waals surface area contributed by atoms with Crippen molar-refractivity contribution in [2.45, 2.75) is 64.0 Å². The normalized spacial score (nSPS) is 21.4. The maximum absolute atomic E-state index is 5.82. The Labute approximate surface area is 152 Å². The molecule has 0 heterocycles. The smallest absolute Gasteiger partial charge is 0.169 e. The quantitative estimate of drug-likeness (QED) is 0.595. The summed E-state index contributed by atoms with van der Waals surface area (Å²) < 4.78 is 0. The molecule has 3 rings (SSSR count). The molecule has 0 radical (unpaired) electrons. The first-order chi connectivity index (χ1) is 11.8. The van der Waals surface area contributed by atoms with E-state index in [1.54, 1.807) is 0 Å². The predicted octanol–water partition coefficient (Wildman–Crippen LogP) is 5.05. The minimum Gasteiger partial charge on any atom is -0.360 e. The van der Waals surface area contributed by atoms with E-state index in [2.05, 4.69) is 52.7 Å². The fourth-order valence-electron chi connectivity index (χ4n) is 3.87. The van der Waals surface area contributed by atoms with E-state index in [4.69, 9.17) is 12.2 Å². The second-order valence-corrected chi connectivity index (χ2v) is 7.69. The van der Waals surface area contributed by atoms with Gasteiger partial charge in [-0.2, -0.15) is 0 Å². The summed E-state index contributed by atoms with van der Waals surface area (Å²) in [5.74, 6) is 0.727. The lowest BCUT2D eigenvalue weighted by atomic mass is 9.93. The molecule has 1 atom stereocenters. The number of hydrogen-bond acceptors (Lipinski definition) is 1. The molecule has 0 spiro atoms. The van der Waals surface area contributed by atoms with Crippen molar-refractivity contribution in [1.29, 1.82) is 0 Å². The molecule has 1 fully saturated rings. The van der Waals surface area contributed by atoms with Crippen LogP contribution in [0.1, 0.15) is 56.9 Å². The highest BCUT2D eigenvalue weighted by Gasteiger charge is 2.20. The Kier molecular flexibility index (Phi) is 6.71. The van der Waals surface area contributed by atoms with Crippen LogP contribution in [0.25, 0.3) is 0 Å². The van der Waals surface area contributed by atoms with Crippen molar-refractivity contribution < 1.29 is 0 Å². The van der Waals surface area contributed by atoms with Crippen molar-refractivity contribution in [3.05, 3.63) is 48.0 Å². The fourth-order valence-corrected chi connectivity index (χ4v) is 4.18. The van der Waals surface area contributed by atoms with Gasteiger partial charge in [0, 0.05) is 19.1 Å². The van der Waals surface area contributed by atoms with E-state index in [1.165, 1.54) is 56.9 Å². The molecule has 1 saturated carbocycles. The topological polar surface area (TPSA) is 15.3 Å². The lowest BCUT2D eigenvalue weighted by molar-refractivity contribution is 0.303. The third-order valence-electron chi connectivity index (χ3n) is 5.29. The van der Waals surface area contributed by atoms with Gasteiger partial charge in [-0.1, -0.05) is 61.7 Å². The van der Waals surface area contributed by atoms with E-state index in [0.717, 1.165) is 24.1 Å². The first-order valence-corrected chi connectivity index (χ1v) is 9.96. The molecular formula is C21H30N2S. The van der Waals surface area contributed by atoms with Crippen LogP contribution in [0.5, 0.6) is 0 Å². The molecule has 24 heavy (non-hydrogen) atoms. The van der Waals surface area contributed by atoms with Gasteiger partial charge in [-0.25, -0.2) is 0 Å². The monoisotopic (exact) mass is 342 g/mol. The average Bonchev–Trinajstić information content (AvgIpc) is 2.64. The van der Waals surface area contributed by atoms with E-state index < -0.39 is 0 Å². The number of rotatable bonds is 5. The third-order valence-corrected chi connectivity index (χ3v) is 5.67.